The molecule has 2 saturated heterocycles. The summed E-state index contributed by atoms with van der Waals surface area (Å²) in [5, 5.41) is 0. The van der Waals surface area contributed by atoms with Crippen molar-refractivity contribution in [1.82, 2.24) is 14.5 Å². The van der Waals surface area contributed by atoms with Crippen LogP contribution in [0.25, 0.3) is 0 Å². The Hall–Kier alpha value is -1.40. The summed E-state index contributed by atoms with van der Waals surface area (Å²) in [5.74, 6) is 1.38. The number of morpholine rings is 1. The monoisotopic (exact) mass is 348 g/mol. The van der Waals surface area contributed by atoms with Crippen LogP contribution in [-0.4, -0.2) is 59.4 Å². The molecule has 0 aromatic carbocycles. The summed E-state index contributed by atoms with van der Waals surface area (Å²) in [6.45, 7) is 12.2. The van der Waals surface area contributed by atoms with Gasteiger partial charge in [0.1, 0.15) is 0 Å². The molecule has 0 saturated carbocycles. The summed E-state index contributed by atoms with van der Waals surface area (Å²) < 4.78 is 7.55. The molecule has 25 heavy (non-hydrogen) atoms. The van der Waals surface area contributed by atoms with Crippen LogP contribution in [0.2, 0.25) is 0 Å². The summed E-state index contributed by atoms with van der Waals surface area (Å²) in [5.41, 5.74) is 0.0414. The molecular weight excluding hydrogens is 316 g/mol. The van der Waals surface area contributed by atoms with E-state index >= 15 is 0 Å². The van der Waals surface area contributed by atoms with Crippen LogP contribution in [0.3, 0.4) is 0 Å². The zero-order valence-electron chi connectivity index (χ0n) is 15.9. The average Bonchev–Trinajstić information content (AvgIpc) is 2.60. The number of aromatic nitrogens is 2. The van der Waals surface area contributed by atoms with Crippen molar-refractivity contribution in [3.8, 4) is 0 Å². The summed E-state index contributed by atoms with van der Waals surface area (Å²) in [7, 11) is 0. The smallest absolute Gasteiger partial charge is 0.293 e. The van der Waals surface area contributed by atoms with Crippen molar-refractivity contribution in [3.05, 3.63) is 22.7 Å². The molecular formula is C19H32N4O2. The van der Waals surface area contributed by atoms with Crippen LogP contribution in [0.4, 0.5) is 5.82 Å². The van der Waals surface area contributed by atoms with Crippen LogP contribution in [0.1, 0.15) is 40.0 Å². The fourth-order valence-corrected chi connectivity index (χ4v) is 4.17. The molecule has 0 aliphatic carbocycles. The third-order valence-electron chi connectivity index (χ3n) is 5.50. The van der Waals surface area contributed by atoms with E-state index in [-0.39, 0.29) is 5.56 Å². The lowest BCUT2D eigenvalue weighted by atomic mass is 9.93. The number of rotatable bonds is 5. The van der Waals surface area contributed by atoms with Gasteiger partial charge in [-0.1, -0.05) is 0 Å². The highest BCUT2D eigenvalue weighted by Gasteiger charge is 2.25. The molecule has 0 bridgehead atoms. The molecule has 2 aliphatic rings. The highest BCUT2D eigenvalue weighted by molar-refractivity contribution is 5.36. The Kier molecular flexibility index (Phi) is 6.12. The van der Waals surface area contributed by atoms with Gasteiger partial charge in [0, 0.05) is 45.1 Å². The lowest BCUT2D eigenvalue weighted by Crippen LogP contribution is -2.46. The molecule has 0 spiro atoms. The predicted molar refractivity (Wildman–Crippen MR) is 100 cm³/mol. The second kappa shape index (κ2) is 8.32. The van der Waals surface area contributed by atoms with Gasteiger partial charge in [-0.05, 0) is 52.5 Å². The molecule has 6 heteroatoms. The molecule has 2 atom stereocenters. The van der Waals surface area contributed by atoms with Crippen LogP contribution in [0.15, 0.2) is 17.2 Å². The second-order valence-electron chi connectivity index (χ2n) is 7.58. The Morgan fingerprint density at radius 3 is 2.52 bits per heavy atom. The predicted octanol–water partition coefficient (Wildman–Crippen LogP) is 1.98. The van der Waals surface area contributed by atoms with Crippen LogP contribution >= 0.6 is 0 Å². The van der Waals surface area contributed by atoms with Gasteiger partial charge in [0.2, 0.25) is 0 Å². The molecule has 3 heterocycles. The average molecular weight is 348 g/mol. The summed E-state index contributed by atoms with van der Waals surface area (Å²) >= 11 is 0. The van der Waals surface area contributed by atoms with Gasteiger partial charge >= 0.3 is 0 Å². The fourth-order valence-electron chi connectivity index (χ4n) is 4.17. The normalized spacial score (nSPS) is 26.1. The molecule has 0 radical (unpaired) electrons. The number of ether oxygens (including phenoxy) is 1. The van der Waals surface area contributed by atoms with Crippen LogP contribution < -0.4 is 10.5 Å². The van der Waals surface area contributed by atoms with Gasteiger partial charge < -0.3 is 14.2 Å². The largest absolute Gasteiger partial charge is 0.373 e. The molecule has 2 aliphatic heterocycles. The van der Waals surface area contributed by atoms with E-state index < -0.39 is 0 Å². The number of aryl methyl sites for hydroxylation is 1. The SMILES string of the molecule is CCn1ccnc(N2CCC(CCN3C[C@@H](C)O[C@H](C)C3)CC2)c1=O. The lowest BCUT2D eigenvalue weighted by molar-refractivity contribution is -0.0690. The summed E-state index contributed by atoms with van der Waals surface area (Å²) in [6, 6.07) is 0. The molecule has 140 valence electrons. The van der Waals surface area contributed by atoms with Crippen molar-refractivity contribution >= 4 is 5.82 Å². The van der Waals surface area contributed by atoms with Crippen molar-refractivity contribution in [2.75, 3.05) is 37.6 Å². The minimum atomic E-state index is 0.0414. The number of hydrogen-bond donors (Lipinski definition) is 0. The van der Waals surface area contributed by atoms with E-state index in [1.807, 2.05) is 6.92 Å². The molecule has 2 fully saturated rings. The van der Waals surface area contributed by atoms with Gasteiger partial charge in [0.25, 0.3) is 5.56 Å². The van der Waals surface area contributed by atoms with Gasteiger partial charge in [-0.2, -0.15) is 0 Å². The van der Waals surface area contributed by atoms with Crippen molar-refractivity contribution in [3.63, 3.8) is 0 Å². The van der Waals surface area contributed by atoms with Crippen molar-refractivity contribution in [2.45, 2.75) is 58.8 Å². The first-order chi connectivity index (χ1) is 12.1. The second-order valence-corrected chi connectivity index (χ2v) is 7.58. The first-order valence-corrected chi connectivity index (χ1v) is 9.75. The maximum Gasteiger partial charge on any atom is 0.293 e. The lowest BCUT2D eigenvalue weighted by Gasteiger charge is -2.37. The summed E-state index contributed by atoms with van der Waals surface area (Å²) in [6.07, 6.45) is 7.74. The first-order valence-electron chi connectivity index (χ1n) is 9.75. The van der Waals surface area contributed by atoms with Crippen molar-refractivity contribution in [2.24, 2.45) is 5.92 Å². The Bertz CT molecular complexity index is 600. The van der Waals surface area contributed by atoms with Gasteiger partial charge in [-0.3, -0.25) is 9.69 Å². The van der Waals surface area contributed by atoms with Gasteiger partial charge in [-0.25, -0.2) is 4.98 Å². The molecule has 1 aromatic heterocycles. The molecule has 3 rings (SSSR count). The highest BCUT2D eigenvalue weighted by atomic mass is 16.5. The number of piperidine rings is 1. The van der Waals surface area contributed by atoms with E-state index in [0.717, 1.165) is 51.5 Å². The zero-order chi connectivity index (χ0) is 17.8. The first kappa shape index (κ1) is 18.4. The number of nitrogens with zero attached hydrogens (tertiary/aromatic N) is 4. The third-order valence-corrected chi connectivity index (χ3v) is 5.50. The zero-order valence-corrected chi connectivity index (χ0v) is 15.9. The van der Waals surface area contributed by atoms with Gasteiger partial charge in [0.15, 0.2) is 5.82 Å². The van der Waals surface area contributed by atoms with Crippen LogP contribution in [0.5, 0.6) is 0 Å². The minimum Gasteiger partial charge on any atom is -0.373 e. The molecule has 6 nitrogen and oxygen atoms in total. The minimum absolute atomic E-state index is 0.0414. The maximum atomic E-state index is 12.4. The van der Waals surface area contributed by atoms with E-state index in [0.29, 0.717) is 24.6 Å². The Morgan fingerprint density at radius 1 is 1.20 bits per heavy atom. The van der Waals surface area contributed by atoms with E-state index in [1.54, 1.807) is 17.0 Å². The standard InChI is InChI=1S/C19H32N4O2/c1-4-22-12-8-20-18(19(22)24)23-10-6-17(7-11-23)5-9-21-13-15(2)25-16(3)14-21/h8,12,15-17H,4-7,9-11,13-14H2,1-3H3/t15-,16-/m1/s1. The maximum absolute atomic E-state index is 12.4. The van der Waals surface area contributed by atoms with E-state index in [1.165, 1.54) is 6.42 Å². The van der Waals surface area contributed by atoms with Gasteiger partial charge in [0.05, 0.1) is 12.2 Å². The fraction of sp³-hybridized carbons (Fsp3) is 0.789. The van der Waals surface area contributed by atoms with E-state index in [4.69, 9.17) is 4.74 Å². The number of hydrogen-bond acceptors (Lipinski definition) is 5. The van der Waals surface area contributed by atoms with E-state index in [9.17, 15) is 4.79 Å². The van der Waals surface area contributed by atoms with Crippen LogP contribution in [-0.2, 0) is 11.3 Å². The van der Waals surface area contributed by atoms with Crippen molar-refractivity contribution < 1.29 is 4.74 Å². The Labute approximate surface area is 150 Å². The Balaban J connectivity index is 1.48. The number of anilines is 1. The topological polar surface area (TPSA) is 50.6 Å². The van der Waals surface area contributed by atoms with Gasteiger partial charge in [-0.15, -0.1) is 0 Å². The quantitative estimate of drug-likeness (QED) is 0.814. The third kappa shape index (κ3) is 4.61. The molecule has 0 amide bonds. The Morgan fingerprint density at radius 2 is 1.88 bits per heavy atom. The molecule has 0 unspecified atom stereocenters. The molecule has 0 N–H and O–H groups in total. The van der Waals surface area contributed by atoms with Crippen molar-refractivity contribution in [1.29, 1.82) is 0 Å². The molecule has 1 aromatic rings. The summed E-state index contributed by atoms with van der Waals surface area (Å²) in [4.78, 5) is 21.5. The van der Waals surface area contributed by atoms with Crippen LogP contribution in [0, 0.1) is 5.92 Å². The highest BCUT2D eigenvalue weighted by Crippen LogP contribution is 2.23. The van der Waals surface area contributed by atoms with E-state index in [2.05, 4.69) is 28.6 Å².